The number of hydrogen-bond acceptors (Lipinski definition) is 2. The van der Waals surface area contributed by atoms with Crippen LogP contribution in [-0.4, -0.2) is 24.7 Å². The lowest BCUT2D eigenvalue weighted by Gasteiger charge is -2.25. The van der Waals surface area contributed by atoms with Crippen LogP contribution in [0.2, 0.25) is 0 Å². The molecule has 1 aliphatic carbocycles. The summed E-state index contributed by atoms with van der Waals surface area (Å²) in [6.07, 6.45) is 8.78. The van der Waals surface area contributed by atoms with E-state index >= 15 is 0 Å². The van der Waals surface area contributed by atoms with E-state index in [4.69, 9.17) is 5.73 Å². The molecule has 13 heavy (non-hydrogen) atoms. The number of rotatable bonds is 3. The number of nitrogens with zero attached hydrogens (tertiary/aromatic N) is 1. The Morgan fingerprint density at radius 3 is 2.23 bits per heavy atom. The maximum Gasteiger partial charge on any atom is 0.0540 e. The van der Waals surface area contributed by atoms with E-state index < -0.39 is 0 Å². The van der Waals surface area contributed by atoms with Gasteiger partial charge in [0, 0.05) is 6.54 Å². The fraction of sp³-hybridized carbons (Fsp3) is 1.00. The van der Waals surface area contributed by atoms with Crippen molar-refractivity contribution in [2.75, 3.05) is 13.6 Å². The van der Waals surface area contributed by atoms with Crippen LogP contribution in [0.3, 0.4) is 0 Å². The molecule has 2 N–H and O–H groups in total. The molecule has 0 aromatic heterocycles. The fourth-order valence-corrected chi connectivity index (χ4v) is 2.12. The van der Waals surface area contributed by atoms with E-state index in [0.29, 0.717) is 0 Å². The Balaban J connectivity index is 2.25. The second-order valence-electron chi connectivity index (χ2n) is 4.54. The van der Waals surface area contributed by atoms with Gasteiger partial charge in [-0.15, -0.1) is 0 Å². The molecule has 2 heteroatoms. The normalized spacial score (nSPS) is 23.1. The van der Waals surface area contributed by atoms with Gasteiger partial charge in [0.15, 0.2) is 0 Å². The zero-order valence-electron chi connectivity index (χ0n) is 9.13. The maximum absolute atomic E-state index is 5.82. The van der Waals surface area contributed by atoms with Crippen molar-refractivity contribution in [3.8, 4) is 0 Å². The van der Waals surface area contributed by atoms with Gasteiger partial charge in [0.1, 0.15) is 0 Å². The molecular formula is C11H24N2. The van der Waals surface area contributed by atoms with Gasteiger partial charge in [0.25, 0.3) is 0 Å². The van der Waals surface area contributed by atoms with Crippen molar-refractivity contribution in [1.29, 1.82) is 0 Å². The van der Waals surface area contributed by atoms with Gasteiger partial charge in [0.05, 0.1) is 6.17 Å². The SMILES string of the molecule is CC(N)N(C)CC1CCCCCC1. The summed E-state index contributed by atoms with van der Waals surface area (Å²) in [5, 5.41) is 0. The lowest BCUT2D eigenvalue weighted by Crippen LogP contribution is -2.39. The molecule has 0 amide bonds. The van der Waals surface area contributed by atoms with Crippen LogP contribution in [0.15, 0.2) is 0 Å². The number of hydrogen-bond donors (Lipinski definition) is 1. The third kappa shape index (κ3) is 4.10. The molecule has 1 atom stereocenters. The molecule has 1 saturated carbocycles. The molecule has 0 spiro atoms. The second kappa shape index (κ2) is 5.61. The molecule has 0 bridgehead atoms. The molecule has 0 aromatic carbocycles. The van der Waals surface area contributed by atoms with Crippen LogP contribution in [0.4, 0.5) is 0 Å². The summed E-state index contributed by atoms with van der Waals surface area (Å²) < 4.78 is 0. The first-order valence-corrected chi connectivity index (χ1v) is 5.66. The van der Waals surface area contributed by atoms with Crippen molar-refractivity contribution in [1.82, 2.24) is 4.90 Å². The first-order valence-electron chi connectivity index (χ1n) is 5.66. The average Bonchev–Trinajstić information content (AvgIpc) is 2.32. The quantitative estimate of drug-likeness (QED) is 0.538. The van der Waals surface area contributed by atoms with Crippen LogP contribution in [0, 0.1) is 5.92 Å². The molecule has 2 nitrogen and oxygen atoms in total. The van der Waals surface area contributed by atoms with Crippen LogP contribution < -0.4 is 5.73 Å². The van der Waals surface area contributed by atoms with Crippen molar-refractivity contribution >= 4 is 0 Å². The van der Waals surface area contributed by atoms with Crippen molar-refractivity contribution < 1.29 is 0 Å². The van der Waals surface area contributed by atoms with E-state index in [-0.39, 0.29) is 6.17 Å². The van der Waals surface area contributed by atoms with Gasteiger partial charge >= 0.3 is 0 Å². The van der Waals surface area contributed by atoms with Gasteiger partial charge in [0.2, 0.25) is 0 Å². The zero-order valence-corrected chi connectivity index (χ0v) is 9.13. The van der Waals surface area contributed by atoms with Gasteiger partial charge in [-0.2, -0.15) is 0 Å². The Morgan fingerprint density at radius 2 is 1.77 bits per heavy atom. The topological polar surface area (TPSA) is 29.3 Å². The molecule has 0 aliphatic heterocycles. The van der Waals surface area contributed by atoms with E-state index in [1.807, 2.05) is 0 Å². The highest BCUT2D eigenvalue weighted by Crippen LogP contribution is 2.23. The van der Waals surface area contributed by atoms with Crippen LogP contribution in [-0.2, 0) is 0 Å². The molecule has 1 fully saturated rings. The Morgan fingerprint density at radius 1 is 1.23 bits per heavy atom. The minimum absolute atomic E-state index is 0.211. The summed E-state index contributed by atoms with van der Waals surface area (Å²) in [4.78, 5) is 2.27. The fourth-order valence-electron chi connectivity index (χ4n) is 2.12. The van der Waals surface area contributed by atoms with Crippen molar-refractivity contribution in [2.24, 2.45) is 11.7 Å². The summed E-state index contributed by atoms with van der Waals surface area (Å²) in [7, 11) is 2.13. The van der Waals surface area contributed by atoms with E-state index in [1.165, 1.54) is 45.1 Å². The van der Waals surface area contributed by atoms with Crippen LogP contribution in [0.1, 0.15) is 45.4 Å². The Bertz CT molecular complexity index is 126. The van der Waals surface area contributed by atoms with E-state index in [2.05, 4.69) is 18.9 Å². The standard InChI is InChI=1S/C11H24N2/c1-10(12)13(2)9-11-7-5-3-4-6-8-11/h10-11H,3-9,12H2,1-2H3. The first-order chi connectivity index (χ1) is 6.20. The highest BCUT2D eigenvalue weighted by atomic mass is 15.2. The molecule has 0 saturated heterocycles. The largest absolute Gasteiger partial charge is 0.316 e. The van der Waals surface area contributed by atoms with Crippen molar-refractivity contribution in [3.05, 3.63) is 0 Å². The third-order valence-electron chi connectivity index (χ3n) is 3.22. The van der Waals surface area contributed by atoms with E-state index in [1.54, 1.807) is 0 Å². The van der Waals surface area contributed by atoms with Gasteiger partial charge in [-0.25, -0.2) is 0 Å². The van der Waals surface area contributed by atoms with Gasteiger partial charge in [-0.1, -0.05) is 25.7 Å². The minimum atomic E-state index is 0.211. The summed E-state index contributed by atoms with van der Waals surface area (Å²) >= 11 is 0. The summed E-state index contributed by atoms with van der Waals surface area (Å²) in [6.45, 7) is 3.26. The van der Waals surface area contributed by atoms with Crippen LogP contribution >= 0.6 is 0 Å². The highest BCUT2D eigenvalue weighted by Gasteiger charge is 2.15. The van der Waals surface area contributed by atoms with Gasteiger partial charge < -0.3 is 5.73 Å². The first kappa shape index (κ1) is 11.0. The molecule has 1 unspecified atom stereocenters. The molecule has 1 rings (SSSR count). The molecular weight excluding hydrogens is 160 g/mol. The Kier molecular flexibility index (Phi) is 4.74. The number of nitrogens with two attached hydrogens (primary N) is 1. The monoisotopic (exact) mass is 184 g/mol. The predicted octanol–water partition coefficient (Wildman–Crippen LogP) is 2.19. The Hall–Kier alpha value is -0.0800. The molecule has 0 aromatic rings. The van der Waals surface area contributed by atoms with E-state index in [9.17, 15) is 0 Å². The zero-order chi connectivity index (χ0) is 9.68. The molecule has 1 aliphatic rings. The summed E-state index contributed by atoms with van der Waals surface area (Å²) in [5.41, 5.74) is 5.82. The molecule has 78 valence electrons. The molecule has 0 radical (unpaired) electrons. The second-order valence-corrected chi connectivity index (χ2v) is 4.54. The van der Waals surface area contributed by atoms with Crippen LogP contribution in [0.25, 0.3) is 0 Å². The lowest BCUT2D eigenvalue weighted by atomic mass is 10.00. The summed E-state index contributed by atoms with van der Waals surface area (Å²) in [6, 6.07) is 0. The van der Waals surface area contributed by atoms with Gasteiger partial charge in [-0.3, -0.25) is 4.90 Å². The maximum atomic E-state index is 5.82. The smallest absolute Gasteiger partial charge is 0.0540 e. The van der Waals surface area contributed by atoms with Crippen molar-refractivity contribution in [2.45, 2.75) is 51.6 Å². The lowest BCUT2D eigenvalue weighted by molar-refractivity contribution is 0.211. The summed E-state index contributed by atoms with van der Waals surface area (Å²) in [5.74, 6) is 0.901. The van der Waals surface area contributed by atoms with E-state index in [0.717, 1.165) is 5.92 Å². The van der Waals surface area contributed by atoms with Crippen LogP contribution in [0.5, 0.6) is 0 Å². The third-order valence-corrected chi connectivity index (χ3v) is 3.22. The predicted molar refractivity (Wildman–Crippen MR) is 57.5 cm³/mol. The highest BCUT2D eigenvalue weighted by molar-refractivity contribution is 4.68. The molecule has 0 heterocycles. The Labute approximate surface area is 82.5 Å². The average molecular weight is 184 g/mol. The van der Waals surface area contributed by atoms with Crippen molar-refractivity contribution in [3.63, 3.8) is 0 Å². The minimum Gasteiger partial charge on any atom is -0.316 e. The van der Waals surface area contributed by atoms with Gasteiger partial charge in [-0.05, 0) is 32.7 Å².